The standard InChI is InChI=1S/C13H16FNO4/c1-8(15-11(16)6-7-12(17)18)13-9(14)4-3-5-10(13)19-2/h3-5,8H,6-7H2,1-2H3,(H,15,16)(H,17,18). The van der Waals surface area contributed by atoms with Crippen LogP contribution in [0.2, 0.25) is 0 Å². The van der Waals surface area contributed by atoms with E-state index in [9.17, 15) is 14.0 Å². The van der Waals surface area contributed by atoms with Crippen LogP contribution >= 0.6 is 0 Å². The first kappa shape index (κ1) is 14.9. The highest BCUT2D eigenvalue weighted by Crippen LogP contribution is 2.27. The molecule has 1 unspecified atom stereocenters. The van der Waals surface area contributed by atoms with Gasteiger partial charge in [-0.3, -0.25) is 9.59 Å². The van der Waals surface area contributed by atoms with Crippen molar-refractivity contribution in [3.05, 3.63) is 29.6 Å². The molecule has 0 aliphatic rings. The third-order valence-corrected chi connectivity index (χ3v) is 2.61. The molecule has 19 heavy (non-hydrogen) atoms. The molecule has 0 aromatic heterocycles. The summed E-state index contributed by atoms with van der Waals surface area (Å²) in [5.74, 6) is -1.64. The summed E-state index contributed by atoms with van der Waals surface area (Å²) in [4.78, 5) is 21.9. The molecule has 1 aromatic rings. The molecule has 0 saturated carbocycles. The molecule has 2 N–H and O–H groups in total. The van der Waals surface area contributed by atoms with Gasteiger partial charge in [0.1, 0.15) is 11.6 Å². The van der Waals surface area contributed by atoms with Gasteiger partial charge in [-0.1, -0.05) is 6.07 Å². The fourth-order valence-electron chi connectivity index (χ4n) is 1.72. The van der Waals surface area contributed by atoms with Crippen LogP contribution < -0.4 is 10.1 Å². The molecule has 1 atom stereocenters. The van der Waals surface area contributed by atoms with Gasteiger partial charge in [0, 0.05) is 6.42 Å². The van der Waals surface area contributed by atoms with E-state index in [1.807, 2.05) is 0 Å². The molecular formula is C13H16FNO4. The van der Waals surface area contributed by atoms with Crippen LogP contribution in [0.5, 0.6) is 5.75 Å². The van der Waals surface area contributed by atoms with Crippen molar-refractivity contribution in [1.29, 1.82) is 0 Å². The number of carboxylic acids is 1. The first-order valence-electron chi connectivity index (χ1n) is 5.79. The van der Waals surface area contributed by atoms with E-state index in [0.717, 1.165) is 0 Å². The third kappa shape index (κ3) is 4.24. The molecule has 0 aliphatic carbocycles. The maximum atomic E-state index is 13.7. The van der Waals surface area contributed by atoms with Gasteiger partial charge in [0.05, 0.1) is 25.1 Å². The van der Waals surface area contributed by atoms with Crippen LogP contribution in [0.1, 0.15) is 31.4 Å². The number of aliphatic carboxylic acids is 1. The van der Waals surface area contributed by atoms with Crippen molar-refractivity contribution in [3.63, 3.8) is 0 Å². The highest BCUT2D eigenvalue weighted by molar-refractivity contribution is 5.80. The van der Waals surface area contributed by atoms with Crippen LogP contribution in [-0.2, 0) is 9.59 Å². The van der Waals surface area contributed by atoms with Gasteiger partial charge in [-0.25, -0.2) is 4.39 Å². The number of carbonyl (C=O) groups excluding carboxylic acids is 1. The number of carbonyl (C=O) groups is 2. The van der Waals surface area contributed by atoms with Crippen molar-refractivity contribution < 1.29 is 23.8 Å². The van der Waals surface area contributed by atoms with Gasteiger partial charge in [0.2, 0.25) is 5.91 Å². The summed E-state index contributed by atoms with van der Waals surface area (Å²) in [7, 11) is 1.41. The number of carboxylic acid groups (broad SMARTS) is 1. The lowest BCUT2D eigenvalue weighted by atomic mass is 10.1. The van der Waals surface area contributed by atoms with Crippen LogP contribution in [0.25, 0.3) is 0 Å². The second kappa shape index (κ2) is 6.72. The Bertz CT molecular complexity index is 476. The van der Waals surface area contributed by atoms with E-state index in [2.05, 4.69) is 5.32 Å². The third-order valence-electron chi connectivity index (χ3n) is 2.61. The second-order valence-corrected chi connectivity index (χ2v) is 4.04. The predicted octanol–water partition coefficient (Wildman–Crippen LogP) is 1.88. The topological polar surface area (TPSA) is 75.6 Å². The van der Waals surface area contributed by atoms with Gasteiger partial charge in [-0.15, -0.1) is 0 Å². The summed E-state index contributed by atoms with van der Waals surface area (Å²) >= 11 is 0. The molecule has 104 valence electrons. The van der Waals surface area contributed by atoms with Crippen LogP contribution in [0.15, 0.2) is 18.2 Å². The summed E-state index contributed by atoms with van der Waals surface area (Å²) < 4.78 is 18.8. The molecule has 0 spiro atoms. The van der Waals surface area contributed by atoms with E-state index in [1.165, 1.54) is 19.2 Å². The summed E-state index contributed by atoms with van der Waals surface area (Å²) in [6, 6.07) is 3.78. The number of nitrogens with one attached hydrogen (secondary N) is 1. The number of benzene rings is 1. The predicted molar refractivity (Wildman–Crippen MR) is 66.4 cm³/mol. The highest BCUT2D eigenvalue weighted by atomic mass is 19.1. The SMILES string of the molecule is COc1cccc(F)c1C(C)NC(=O)CCC(=O)O. The Labute approximate surface area is 110 Å². The molecule has 0 heterocycles. The maximum absolute atomic E-state index is 13.7. The second-order valence-electron chi connectivity index (χ2n) is 4.04. The highest BCUT2D eigenvalue weighted by Gasteiger charge is 2.18. The van der Waals surface area contributed by atoms with E-state index in [4.69, 9.17) is 9.84 Å². The average Bonchev–Trinajstić information content (AvgIpc) is 2.35. The maximum Gasteiger partial charge on any atom is 0.303 e. The quantitative estimate of drug-likeness (QED) is 0.826. The van der Waals surface area contributed by atoms with Gasteiger partial charge in [0.25, 0.3) is 0 Å². The Morgan fingerprint density at radius 1 is 1.42 bits per heavy atom. The lowest BCUT2D eigenvalue weighted by molar-refractivity contribution is -0.138. The number of hydrogen-bond donors (Lipinski definition) is 2. The van der Waals surface area contributed by atoms with Gasteiger partial charge in [-0.05, 0) is 19.1 Å². The lowest BCUT2D eigenvalue weighted by Gasteiger charge is -2.17. The van der Waals surface area contributed by atoms with E-state index < -0.39 is 23.7 Å². The van der Waals surface area contributed by atoms with Crippen LogP contribution in [-0.4, -0.2) is 24.1 Å². The molecule has 1 rings (SSSR count). The molecule has 6 heteroatoms. The van der Waals surface area contributed by atoms with Gasteiger partial charge in [-0.2, -0.15) is 0 Å². The molecule has 1 aromatic carbocycles. The molecule has 1 amide bonds. The Morgan fingerprint density at radius 2 is 2.11 bits per heavy atom. The number of halogens is 1. The van der Waals surface area contributed by atoms with Crippen molar-refractivity contribution in [2.24, 2.45) is 0 Å². The average molecular weight is 269 g/mol. The lowest BCUT2D eigenvalue weighted by Crippen LogP contribution is -2.27. The molecule has 0 saturated heterocycles. The Kier molecular flexibility index (Phi) is 5.29. The van der Waals surface area contributed by atoms with Crippen LogP contribution in [0.3, 0.4) is 0 Å². The summed E-state index contributed by atoms with van der Waals surface area (Å²) in [5, 5.41) is 11.0. The zero-order valence-electron chi connectivity index (χ0n) is 10.8. The fraction of sp³-hybridized carbons (Fsp3) is 0.385. The number of rotatable bonds is 6. The van der Waals surface area contributed by atoms with E-state index >= 15 is 0 Å². The first-order valence-corrected chi connectivity index (χ1v) is 5.79. The Morgan fingerprint density at radius 3 is 2.68 bits per heavy atom. The number of ether oxygens (including phenoxy) is 1. The van der Waals surface area contributed by atoms with Gasteiger partial charge in [0.15, 0.2) is 0 Å². The minimum atomic E-state index is -1.05. The van der Waals surface area contributed by atoms with Crippen LogP contribution in [0.4, 0.5) is 4.39 Å². The van der Waals surface area contributed by atoms with Gasteiger partial charge < -0.3 is 15.2 Å². The van der Waals surface area contributed by atoms with Crippen molar-refractivity contribution in [1.82, 2.24) is 5.32 Å². The number of hydrogen-bond acceptors (Lipinski definition) is 3. The first-order chi connectivity index (χ1) is 8.95. The van der Waals surface area contributed by atoms with Crippen molar-refractivity contribution in [3.8, 4) is 5.75 Å². The zero-order valence-corrected chi connectivity index (χ0v) is 10.8. The monoisotopic (exact) mass is 269 g/mol. The summed E-state index contributed by atoms with van der Waals surface area (Å²) in [5.41, 5.74) is 0.244. The zero-order chi connectivity index (χ0) is 14.4. The molecule has 0 radical (unpaired) electrons. The van der Waals surface area contributed by atoms with Gasteiger partial charge >= 0.3 is 5.97 Å². The summed E-state index contributed by atoms with van der Waals surface area (Å²) in [6.07, 6.45) is -0.399. The van der Waals surface area contributed by atoms with Crippen molar-refractivity contribution in [2.45, 2.75) is 25.8 Å². The van der Waals surface area contributed by atoms with Crippen LogP contribution in [0, 0.1) is 5.82 Å². The Balaban J connectivity index is 2.75. The minimum Gasteiger partial charge on any atom is -0.496 e. The van der Waals surface area contributed by atoms with Crippen molar-refractivity contribution in [2.75, 3.05) is 7.11 Å². The normalized spacial score (nSPS) is 11.7. The van der Waals surface area contributed by atoms with E-state index in [1.54, 1.807) is 13.0 Å². The number of methoxy groups -OCH3 is 1. The number of amides is 1. The Hall–Kier alpha value is -2.11. The largest absolute Gasteiger partial charge is 0.496 e. The molecule has 0 aliphatic heterocycles. The fourth-order valence-corrected chi connectivity index (χ4v) is 1.72. The molecular weight excluding hydrogens is 253 g/mol. The minimum absolute atomic E-state index is 0.142. The van der Waals surface area contributed by atoms with E-state index in [-0.39, 0.29) is 18.4 Å². The smallest absolute Gasteiger partial charge is 0.303 e. The van der Waals surface area contributed by atoms with E-state index in [0.29, 0.717) is 5.75 Å². The molecule has 5 nitrogen and oxygen atoms in total. The molecule has 0 fully saturated rings. The summed E-state index contributed by atoms with van der Waals surface area (Å²) in [6.45, 7) is 1.61. The molecule has 0 bridgehead atoms. The van der Waals surface area contributed by atoms with Crippen molar-refractivity contribution >= 4 is 11.9 Å².